The monoisotopic (exact) mass is 291 g/mol. The van der Waals surface area contributed by atoms with Gasteiger partial charge in [0.25, 0.3) is 0 Å². The SMILES string of the molecule is NC1CCC(Oc2cc3c(cc2[N+](=O)[O-])CC(=O)N3)CC1. The Morgan fingerprint density at radius 3 is 2.67 bits per heavy atom. The van der Waals surface area contributed by atoms with Gasteiger partial charge in [0.1, 0.15) is 0 Å². The van der Waals surface area contributed by atoms with E-state index >= 15 is 0 Å². The average Bonchev–Trinajstić information content (AvgIpc) is 2.79. The molecular weight excluding hydrogens is 274 g/mol. The number of ether oxygens (including phenoxy) is 1. The first-order chi connectivity index (χ1) is 10.0. The Morgan fingerprint density at radius 1 is 1.29 bits per heavy atom. The van der Waals surface area contributed by atoms with Gasteiger partial charge in [-0.05, 0) is 31.2 Å². The minimum absolute atomic E-state index is 0.0568. The van der Waals surface area contributed by atoms with Crippen LogP contribution in [0.15, 0.2) is 12.1 Å². The molecule has 1 aromatic carbocycles. The van der Waals surface area contributed by atoms with Crippen LogP contribution < -0.4 is 15.8 Å². The summed E-state index contributed by atoms with van der Waals surface area (Å²) in [7, 11) is 0. The zero-order valence-corrected chi connectivity index (χ0v) is 11.5. The van der Waals surface area contributed by atoms with Gasteiger partial charge in [-0.1, -0.05) is 0 Å². The van der Waals surface area contributed by atoms with Gasteiger partial charge < -0.3 is 15.8 Å². The number of anilines is 1. The van der Waals surface area contributed by atoms with Gasteiger partial charge in [0.2, 0.25) is 5.91 Å². The molecule has 1 fully saturated rings. The van der Waals surface area contributed by atoms with Crippen molar-refractivity contribution >= 4 is 17.3 Å². The number of carbonyl (C=O) groups is 1. The number of hydrogen-bond donors (Lipinski definition) is 2. The van der Waals surface area contributed by atoms with E-state index in [2.05, 4.69) is 5.32 Å². The Kier molecular flexibility index (Phi) is 3.50. The van der Waals surface area contributed by atoms with E-state index in [1.165, 1.54) is 6.07 Å². The quantitative estimate of drug-likeness (QED) is 0.651. The molecule has 1 heterocycles. The van der Waals surface area contributed by atoms with Crippen LogP contribution in [0, 0.1) is 10.1 Å². The van der Waals surface area contributed by atoms with Crippen molar-refractivity contribution in [2.75, 3.05) is 5.32 Å². The second kappa shape index (κ2) is 5.33. The molecule has 0 radical (unpaired) electrons. The van der Waals surface area contributed by atoms with Gasteiger partial charge in [0.05, 0.1) is 17.4 Å². The van der Waals surface area contributed by atoms with E-state index in [0.717, 1.165) is 25.7 Å². The summed E-state index contributed by atoms with van der Waals surface area (Å²) in [4.78, 5) is 22.1. The van der Waals surface area contributed by atoms with E-state index in [0.29, 0.717) is 11.3 Å². The molecule has 21 heavy (non-hydrogen) atoms. The number of benzene rings is 1. The number of nitro groups is 1. The van der Waals surface area contributed by atoms with Crippen LogP contribution in [0.3, 0.4) is 0 Å². The smallest absolute Gasteiger partial charge is 0.311 e. The molecule has 1 aliphatic heterocycles. The zero-order valence-electron chi connectivity index (χ0n) is 11.5. The molecule has 112 valence electrons. The van der Waals surface area contributed by atoms with E-state index in [1.807, 2.05) is 0 Å². The van der Waals surface area contributed by atoms with Gasteiger partial charge in [-0.3, -0.25) is 14.9 Å². The number of nitrogens with two attached hydrogens (primary N) is 1. The van der Waals surface area contributed by atoms with Crippen LogP contribution in [0.5, 0.6) is 5.75 Å². The van der Waals surface area contributed by atoms with Crippen molar-refractivity contribution in [3.05, 3.63) is 27.8 Å². The fourth-order valence-corrected chi connectivity index (χ4v) is 2.86. The summed E-state index contributed by atoms with van der Waals surface area (Å²) in [6.45, 7) is 0. The number of carbonyl (C=O) groups excluding carboxylic acids is 1. The summed E-state index contributed by atoms with van der Waals surface area (Å²) >= 11 is 0. The minimum Gasteiger partial charge on any atom is -0.483 e. The number of nitrogens with one attached hydrogen (secondary N) is 1. The number of nitrogens with zero attached hydrogens (tertiary/aromatic N) is 1. The molecule has 7 heteroatoms. The molecule has 0 saturated heterocycles. The molecular formula is C14H17N3O4. The molecule has 0 aromatic heterocycles. The summed E-state index contributed by atoms with van der Waals surface area (Å²) in [6.07, 6.45) is 3.43. The lowest BCUT2D eigenvalue weighted by molar-refractivity contribution is -0.386. The standard InChI is InChI=1S/C14H17N3O4/c15-9-1-3-10(4-2-9)21-13-7-11-8(6-14(18)16-11)5-12(13)17(19)20/h5,7,9-10H,1-4,6,15H2,(H,16,18). The van der Waals surface area contributed by atoms with Crippen LogP contribution in [-0.4, -0.2) is 23.0 Å². The first-order valence-corrected chi connectivity index (χ1v) is 7.06. The minimum atomic E-state index is -0.465. The predicted molar refractivity (Wildman–Crippen MR) is 76.3 cm³/mol. The van der Waals surface area contributed by atoms with Crippen molar-refractivity contribution in [3.63, 3.8) is 0 Å². The molecule has 3 N–H and O–H groups in total. The Hall–Kier alpha value is -2.15. The second-order valence-corrected chi connectivity index (χ2v) is 5.61. The summed E-state index contributed by atoms with van der Waals surface area (Å²) in [6, 6.07) is 3.18. The maximum absolute atomic E-state index is 11.4. The van der Waals surface area contributed by atoms with Crippen LogP contribution in [0.1, 0.15) is 31.2 Å². The second-order valence-electron chi connectivity index (χ2n) is 5.61. The van der Waals surface area contributed by atoms with Crippen molar-refractivity contribution in [1.29, 1.82) is 0 Å². The predicted octanol–water partition coefficient (Wildman–Crippen LogP) is 1.74. The molecule has 7 nitrogen and oxygen atoms in total. The van der Waals surface area contributed by atoms with Crippen LogP contribution in [0.2, 0.25) is 0 Å². The van der Waals surface area contributed by atoms with Gasteiger partial charge in [-0.25, -0.2) is 0 Å². The summed E-state index contributed by atoms with van der Waals surface area (Å²) in [5, 5.41) is 13.9. The highest BCUT2D eigenvalue weighted by Crippen LogP contribution is 2.37. The molecule has 1 aliphatic carbocycles. The lowest BCUT2D eigenvalue weighted by Gasteiger charge is -2.26. The van der Waals surface area contributed by atoms with Crippen molar-refractivity contribution in [1.82, 2.24) is 0 Å². The van der Waals surface area contributed by atoms with Crippen molar-refractivity contribution in [3.8, 4) is 5.75 Å². The van der Waals surface area contributed by atoms with E-state index in [9.17, 15) is 14.9 Å². The third-order valence-corrected chi connectivity index (χ3v) is 4.02. The largest absolute Gasteiger partial charge is 0.483 e. The van der Waals surface area contributed by atoms with E-state index in [1.54, 1.807) is 6.07 Å². The number of amides is 1. The average molecular weight is 291 g/mol. The van der Waals surface area contributed by atoms with Gasteiger partial charge in [0.15, 0.2) is 5.75 Å². The van der Waals surface area contributed by atoms with Crippen LogP contribution in [0.4, 0.5) is 11.4 Å². The van der Waals surface area contributed by atoms with Gasteiger partial charge >= 0.3 is 5.69 Å². The topological polar surface area (TPSA) is 107 Å². The van der Waals surface area contributed by atoms with E-state index in [-0.39, 0.29) is 35.9 Å². The number of hydrogen-bond acceptors (Lipinski definition) is 5. The lowest BCUT2D eigenvalue weighted by Crippen LogP contribution is -2.31. The van der Waals surface area contributed by atoms with Crippen LogP contribution >= 0.6 is 0 Å². The van der Waals surface area contributed by atoms with Gasteiger partial charge in [-0.2, -0.15) is 0 Å². The third kappa shape index (κ3) is 2.82. The molecule has 3 rings (SSSR count). The summed E-state index contributed by atoms with van der Waals surface area (Å²) < 4.78 is 5.81. The first-order valence-electron chi connectivity index (χ1n) is 7.06. The Balaban J connectivity index is 1.85. The highest BCUT2D eigenvalue weighted by molar-refractivity contribution is 5.99. The Morgan fingerprint density at radius 2 is 2.00 bits per heavy atom. The van der Waals surface area contributed by atoms with Gasteiger partial charge in [-0.15, -0.1) is 0 Å². The maximum Gasteiger partial charge on any atom is 0.311 e. The first kappa shape index (κ1) is 13.8. The molecule has 0 spiro atoms. The Labute approximate surface area is 121 Å². The van der Waals surface area contributed by atoms with Crippen LogP contribution in [-0.2, 0) is 11.2 Å². The fraction of sp³-hybridized carbons (Fsp3) is 0.500. The van der Waals surface area contributed by atoms with Crippen LogP contribution in [0.25, 0.3) is 0 Å². The maximum atomic E-state index is 11.4. The molecule has 1 aromatic rings. The molecule has 2 aliphatic rings. The molecule has 0 bridgehead atoms. The van der Waals surface area contributed by atoms with Gasteiger partial charge in [0, 0.05) is 23.9 Å². The number of rotatable bonds is 3. The zero-order chi connectivity index (χ0) is 15.0. The lowest BCUT2D eigenvalue weighted by atomic mass is 9.93. The fourth-order valence-electron chi connectivity index (χ4n) is 2.86. The molecule has 1 saturated carbocycles. The molecule has 0 atom stereocenters. The highest BCUT2D eigenvalue weighted by Gasteiger charge is 2.28. The summed E-state index contributed by atoms with van der Waals surface area (Å²) in [5.41, 5.74) is 7.01. The Bertz CT molecular complexity index is 594. The summed E-state index contributed by atoms with van der Waals surface area (Å²) in [5.74, 6) is 0.0708. The van der Waals surface area contributed by atoms with Crippen molar-refractivity contribution < 1.29 is 14.5 Å². The van der Waals surface area contributed by atoms with E-state index in [4.69, 9.17) is 10.5 Å². The third-order valence-electron chi connectivity index (χ3n) is 4.02. The van der Waals surface area contributed by atoms with E-state index < -0.39 is 4.92 Å². The van der Waals surface area contributed by atoms with Crippen molar-refractivity contribution in [2.24, 2.45) is 5.73 Å². The number of fused-ring (bicyclic) bond motifs is 1. The van der Waals surface area contributed by atoms with Crippen molar-refractivity contribution in [2.45, 2.75) is 44.2 Å². The molecule has 1 amide bonds. The normalized spacial score (nSPS) is 24.3. The molecule has 0 unspecified atom stereocenters. The number of nitro benzene ring substituents is 1. The highest BCUT2D eigenvalue weighted by atomic mass is 16.6.